The lowest BCUT2D eigenvalue weighted by Crippen LogP contribution is -2.38. The Bertz CT molecular complexity index is 489. The van der Waals surface area contributed by atoms with Crippen molar-refractivity contribution in [3.8, 4) is 0 Å². The van der Waals surface area contributed by atoms with Crippen molar-refractivity contribution in [2.45, 2.75) is 25.4 Å². The minimum absolute atomic E-state index is 0. The molecule has 1 atom stereocenters. The van der Waals surface area contributed by atoms with Gasteiger partial charge in [0.05, 0.1) is 6.54 Å². The minimum atomic E-state index is 0. The Kier molecular flexibility index (Phi) is 5.44. The number of aromatic nitrogens is 2. The predicted octanol–water partition coefficient (Wildman–Crippen LogP) is 2.52. The van der Waals surface area contributed by atoms with Gasteiger partial charge in [-0.2, -0.15) is 5.10 Å². The Balaban J connectivity index is 0.00000147. The summed E-state index contributed by atoms with van der Waals surface area (Å²) in [6.45, 7) is 3.05. The van der Waals surface area contributed by atoms with Gasteiger partial charge in [-0.15, -0.1) is 12.4 Å². The number of hydrogen-bond acceptors (Lipinski definition) is 3. The van der Waals surface area contributed by atoms with Crippen molar-refractivity contribution in [2.75, 3.05) is 18.4 Å². The minimum Gasteiger partial charge on any atom is -0.381 e. The van der Waals surface area contributed by atoms with E-state index in [1.807, 2.05) is 23.1 Å². The molecule has 0 radical (unpaired) electrons. The van der Waals surface area contributed by atoms with E-state index < -0.39 is 0 Å². The molecular formula is C15H21ClN4. The van der Waals surface area contributed by atoms with E-state index in [1.165, 1.54) is 24.1 Å². The van der Waals surface area contributed by atoms with Crippen LogP contribution < -0.4 is 10.6 Å². The number of hydrogen-bond donors (Lipinski definition) is 2. The summed E-state index contributed by atoms with van der Waals surface area (Å²) in [6.07, 6.45) is 6.31. The number of nitrogens with one attached hydrogen (secondary N) is 2. The van der Waals surface area contributed by atoms with Crippen LogP contribution in [-0.2, 0) is 6.54 Å². The molecule has 1 aliphatic heterocycles. The smallest absolute Gasteiger partial charge is 0.0659 e. The lowest BCUT2D eigenvalue weighted by Gasteiger charge is -2.24. The molecule has 1 aliphatic rings. The summed E-state index contributed by atoms with van der Waals surface area (Å²) >= 11 is 0. The van der Waals surface area contributed by atoms with Gasteiger partial charge >= 0.3 is 0 Å². The maximum Gasteiger partial charge on any atom is 0.0659 e. The van der Waals surface area contributed by atoms with Gasteiger partial charge in [-0.3, -0.25) is 4.68 Å². The molecule has 4 nitrogen and oxygen atoms in total. The van der Waals surface area contributed by atoms with Gasteiger partial charge in [0, 0.05) is 30.7 Å². The molecular weight excluding hydrogens is 272 g/mol. The number of piperidine rings is 1. The number of benzene rings is 1. The second kappa shape index (κ2) is 7.31. The summed E-state index contributed by atoms with van der Waals surface area (Å²) < 4.78 is 1.94. The standard InChI is InChI=1S/C15H20N4.ClH/c1-3-15(11-16-8-1)18-14-6-4-13(5-7-14)12-19-10-2-9-17-19;/h2,4-7,9-10,15-16,18H,1,3,8,11-12H2;1H. The fraction of sp³-hybridized carbons (Fsp3) is 0.400. The Hall–Kier alpha value is -1.52. The Morgan fingerprint density at radius 3 is 2.80 bits per heavy atom. The number of nitrogens with zero attached hydrogens (tertiary/aromatic N) is 2. The highest BCUT2D eigenvalue weighted by molar-refractivity contribution is 5.85. The van der Waals surface area contributed by atoms with E-state index in [9.17, 15) is 0 Å². The van der Waals surface area contributed by atoms with Crippen molar-refractivity contribution < 1.29 is 0 Å². The highest BCUT2D eigenvalue weighted by Crippen LogP contribution is 2.14. The highest BCUT2D eigenvalue weighted by Gasteiger charge is 2.11. The van der Waals surface area contributed by atoms with Gasteiger partial charge < -0.3 is 10.6 Å². The molecule has 2 N–H and O–H groups in total. The molecule has 108 valence electrons. The van der Waals surface area contributed by atoms with Gasteiger partial charge in [0.2, 0.25) is 0 Å². The molecule has 2 heterocycles. The average Bonchev–Trinajstić information content (AvgIpc) is 2.95. The highest BCUT2D eigenvalue weighted by atomic mass is 35.5. The normalized spacial score (nSPS) is 18.3. The summed E-state index contributed by atoms with van der Waals surface area (Å²) in [6, 6.07) is 11.2. The molecule has 0 spiro atoms. The Morgan fingerprint density at radius 1 is 1.30 bits per heavy atom. The summed E-state index contributed by atoms with van der Waals surface area (Å²) in [5, 5.41) is 11.2. The van der Waals surface area contributed by atoms with E-state index in [0.717, 1.165) is 19.6 Å². The molecule has 0 bridgehead atoms. The summed E-state index contributed by atoms with van der Waals surface area (Å²) in [5.74, 6) is 0. The van der Waals surface area contributed by atoms with Crippen molar-refractivity contribution >= 4 is 18.1 Å². The third-order valence-electron chi connectivity index (χ3n) is 3.53. The molecule has 0 amide bonds. The fourth-order valence-electron chi connectivity index (χ4n) is 2.50. The van der Waals surface area contributed by atoms with E-state index in [0.29, 0.717) is 6.04 Å². The van der Waals surface area contributed by atoms with Crippen LogP contribution in [0.25, 0.3) is 0 Å². The topological polar surface area (TPSA) is 41.9 Å². The Morgan fingerprint density at radius 2 is 2.15 bits per heavy atom. The number of halogens is 1. The average molecular weight is 293 g/mol. The van der Waals surface area contributed by atoms with Gasteiger partial charge in [0.1, 0.15) is 0 Å². The van der Waals surface area contributed by atoms with Gasteiger partial charge in [-0.1, -0.05) is 12.1 Å². The largest absolute Gasteiger partial charge is 0.381 e. The first-order valence-corrected chi connectivity index (χ1v) is 6.94. The van der Waals surface area contributed by atoms with Gasteiger partial charge in [0.15, 0.2) is 0 Å². The zero-order valence-corrected chi connectivity index (χ0v) is 12.3. The van der Waals surface area contributed by atoms with E-state index in [1.54, 1.807) is 0 Å². The van der Waals surface area contributed by atoms with Crippen LogP contribution in [0.5, 0.6) is 0 Å². The first kappa shape index (κ1) is 14.9. The Labute approximate surface area is 126 Å². The molecule has 0 saturated carbocycles. The fourth-order valence-corrected chi connectivity index (χ4v) is 2.50. The van der Waals surface area contributed by atoms with Crippen LogP contribution in [0.2, 0.25) is 0 Å². The zero-order valence-electron chi connectivity index (χ0n) is 11.5. The molecule has 3 rings (SSSR count). The maximum absolute atomic E-state index is 4.22. The molecule has 20 heavy (non-hydrogen) atoms. The third kappa shape index (κ3) is 3.99. The van der Waals surface area contributed by atoms with Crippen LogP contribution in [-0.4, -0.2) is 28.9 Å². The van der Waals surface area contributed by atoms with Crippen molar-refractivity contribution in [1.82, 2.24) is 15.1 Å². The quantitative estimate of drug-likeness (QED) is 0.910. The molecule has 1 aromatic carbocycles. The van der Waals surface area contributed by atoms with Crippen LogP contribution in [0, 0.1) is 0 Å². The predicted molar refractivity (Wildman–Crippen MR) is 84.5 cm³/mol. The van der Waals surface area contributed by atoms with Crippen LogP contribution in [0.1, 0.15) is 18.4 Å². The molecule has 1 fully saturated rings. The molecule has 2 aromatic rings. The molecule has 1 aromatic heterocycles. The first-order valence-electron chi connectivity index (χ1n) is 6.94. The van der Waals surface area contributed by atoms with Crippen molar-refractivity contribution in [1.29, 1.82) is 0 Å². The van der Waals surface area contributed by atoms with Crippen molar-refractivity contribution in [2.24, 2.45) is 0 Å². The first-order chi connectivity index (χ1) is 9.40. The summed E-state index contributed by atoms with van der Waals surface area (Å²) in [5.41, 5.74) is 2.48. The molecule has 1 unspecified atom stereocenters. The van der Waals surface area contributed by atoms with Gasteiger partial charge in [0.25, 0.3) is 0 Å². The zero-order chi connectivity index (χ0) is 12.9. The second-order valence-corrected chi connectivity index (χ2v) is 5.09. The number of rotatable bonds is 4. The monoisotopic (exact) mass is 292 g/mol. The van der Waals surface area contributed by atoms with E-state index in [4.69, 9.17) is 0 Å². The van der Waals surface area contributed by atoms with Gasteiger partial charge in [-0.05, 0) is 43.1 Å². The van der Waals surface area contributed by atoms with Gasteiger partial charge in [-0.25, -0.2) is 0 Å². The van der Waals surface area contributed by atoms with Crippen LogP contribution in [0.15, 0.2) is 42.7 Å². The summed E-state index contributed by atoms with van der Waals surface area (Å²) in [4.78, 5) is 0. The van der Waals surface area contributed by atoms with Crippen molar-refractivity contribution in [3.63, 3.8) is 0 Å². The third-order valence-corrected chi connectivity index (χ3v) is 3.53. The molecule has 0 aliphatic carbocycles. The maximum atomic E-state index is 4.22. The SMILES string of the molecule is Cl.c1cnn(Cc2ccc(NC3CCCNC3)cc2)c1. The van der Waals surface area contributed by atoms with E-state index >= 15 is 0 Å². The van der Waals surface area contributed by atoms with Crippen LogP contribution in [0.4, 0.5) is 5.69 Å². The van der Waals surface area contributed by atoms with Crippen molar-refractivity contribution in [3.05, 3.63) is 48.3 Å². The lowest BCUT2D eigenvalue weighted by molar-refractivity contribution is 0.480. The molecule has 1 saturated heterocycles. The van der Waals surface area contributed by atoms with Crippen LogP contribution >= 0.6 is 12.4 Å². The van der Waals surface area contributed by atoms with E-state index in [2.05, 4.69) is 40.0 Å². The second-order valence-electron chi connectivity index (χ2n) is 5.09. The lowest BCUT2D eigenvalue weighted by atomic mass is 10.1. The summed E-state index contributed by atoms with van der Waals surface area (Å²) in [7, 11) is 0. The van der Waals surface area contributed by atoms with Crippen LogP contribution in [0.3, 0.4) is 0 Å². The number of anilines is 1. The van der Waals surface area contributed by atoms with E-state index in [-0.39, 0.29) is 12.4 Å². The molecule has 5 heteroatoms.